The van der Waals surface area contributed by atoms with E-state index in [1.807, 2.05) is 25.1 Å². The zero-order valence-electron chi connectivity index (χ0n) is 10.9. The van der Waals surface area contributed by atoms with Crippen LogP contribution in [0.3, 0.4) is 0 Å². The highest BCUT2D eigenvalue weighted by molar-refractivity contribution is 8.00. The summed E-state index contributed by atoms with van der Waals surface area (Å²) in [4.78, 5) is 12.6. The molecule has 18 heavy (non-hydrogen) atoms. The lowest BCUT2D eigenvalue weighted by molar-refractivity contribution is -0.118. The van der Waals surface area contributed by atoms with Crippen LogP contribution < -0.4 is 11.1 Å². The first kappa shape index (κ1) is 14.9. The molecule has 5 heteroatoms. The van der Waals surface area contributed by atoms with E-state index in [0.29, 0.717) is 18.9 Å². The second kappa shape index (κ2) is 8.00. The van der Waals surface area contributed by atoms with Crippen molar-refractivity contribution < 1.29 is 9.53 Å². The molecular formula is C13H20N2O2S. The first-order valence-corrected chi connectivity index (χ1v) is 6.86. The molecule has 3 N–H and O–H groups in total. The number of anilines is 1. The molecular weight excluding hydrogens is 248 g/mol. The van der Waals surface area contributed by atoms with Crippen LogP contribution in [0.2, 0.25) is 0 Å². The maximum absolute atomic E-state index is 11.6. The minimum absolute atomic E-state index is 0.0397. The summed E-state index contributed by atoms with van der Waals surface area (Å²) in [5, 5.41) is 2.85. The topological polar surface area (TPSA) is 64.3 Å². The molecule has 1 aromatic rings. The monoisotopic (exact) mass is 268 g/mol. The Hall–Kier alpha value is -1.20. The van der Waals surface area contributed by atoms with E-state index < -0.39 is 0 Å². The number of benzene rings is 1. The quantitative estimate of drug-likeness (QED) is 0.450. The number of carbonyl (C=O) groups is 1. The van der Waals surface area contributed by atoms with Gasteiger partial charge in [0.05, 0.1) is 5.75 Å². The lowest BCUT2D eigenvalue weighted by Gasteiger charge is -2.07. The number of nitrogens with one attached hydrogen (secondary N) is 1. The molecule has 0 heterocycles. The van der Waals surface area contributed by atoms with Crippen LogP contribution in [-0.2, 0) is 9.53 Å². The Balaban J connectivity index is 2.31. The Labute approximate surface area is 112 Å². The molecule has 0 aliphatic heterocycles. The summed E-state index contributed by atoms with van der Waals surface area (Å²) < 4.78 is 4.91. The predicted octanol–water partition coefficient (Wildman–Crippen LogP) is 1.82. The number of carbonyl (C=O) groups excluding carboxylic acids is 1. The van der Waals surface area contributed by atoms with Crippen molar-refractivity contribution in [3.05, 3.63) is 23.8 Å². The van der Waals surface area contributed by atoms with Gasteiger partial charge in [-0.25, -0.2) is 0 Å². The molecule has 0 bridgehead atoms. The number of ether oxygens (including phenoxy) is 1. The van der Waals surface area contributed by atoms with Gasteiger partial charge in [-0.3, -0.25) is 4.79 Å². The van der Waals surface area contributed by atoms with E-state index in [2.05, 4.69) is 5.32 Å². The fraction of sp³-hybridized carbons (Fsp3) is 0.462. The number of hydrogen-bond donors (Lipinski definition) is 2. The molecule has 1 amide bonds. The molecule has 0 saturated carbocycles. The van der Waals surface area contributed by atoms with Crippen LogP contribution in [0.15, 0.2) is 23.1 Å². The maximum Gasteiger partial charge on any atom is 0.230 e. The molecule has 0 aliphatic rings. The van der Waals surface area contributed by atoms with Crippen molar-refractivity contribution >= 4 is 23.4 Å². The smallest absolute Gasteiger partial charge is 0.230 e. The van der Waals surface area contributed by atoms with Crippen LogP contribution in [0.1, 0.15) is 12.0 Å². The van der Waals surface area contributed by atoms with Gasteiger partial charge in [0.15, 0.2) is 0 Å². The summed E-state index contributed by atoms with van der Waals surface area (Å²) in [7, 11) is 1.65. The first-order chi connectivity index (χ1) is 8.63. The molecule has 100 valence electrons. The minimum atomic E-state index is 0.0397. The SMILES string of the molecule is COCCCNC(=O)CSc1cc(N)ccc1C. The molecule has 0 radical (unpaired) electrons. The Morgan fingerprint density at radius 3 is 3.00 bits per heavy atom. The molecule has 1 rings (SSSR count). The van der Waals surface area contributed by atoms with Crippen molar-refractivity contribution in [2.45, 2.75) is 18.2 Å². The normalized spacial score (nSPS) is 10.3. The van der Waals surface area contributed by atoms with Crippen molar-refractivity contribution in [1.82, 2.24) is 5.32 Å². The van der Waals surface area contributed by atoms with Crippen LogP contribution in [0.5, 0.6) is 0 Å². The van der Waals surface area contributed by atoms with Crippen LogP contribution in [-0.4, -0.2) is 31.9 Å². The Morgan fingerprint density at radius 2 is 2.28 bits per heavy atom. The number of aryl methyl sites for hydroxylation is 1. The van der Waals surface area contributed by atoms with Crippen molar-refractivity contribution in [3.63, 3.8) is 0 Å². The number of methoxy groups -OCH3 is 1. The van der Waals surface area contributed by atoms with Gasteiger partial charge in [-0.15, -0.1) is 11.8 Å². The van der Waals surface area contributed by atoms with Gasteiger partial charge >= 0.3 is 0 Å². The standard InChI is InChI=1S/C13H20N2O2S/c1-10-4-5-11(14)8-12(10)18-9-13(16)15-6-3-7-17-2/h4-5,8H,3,6-7,9,14H2,1-2H3,(H,15,16). The molecule has 1 aromatic carbocycles. The Kier molecular flexibility index (Phi) is 6.60. The van der Waals surface area contributed by atoms with E-state index >= 15 is 0 Å². The van der Waals surface area contributed by atoms with Gasteiger partial charge in [-0.05, 0) is 31.0 Å². The van der Waals surface area contributed by atoms with E-state index in [1.54, 1.807) is 7.11 Å². The third-order valence-corrected chi connectivity index (χ3v) is 3.58. The first-order valence-electron chi connectivity index (χ1n) is 5.88. The van der Waals surface area contributed by atoms with E-state index in [-0.39, 0.29) is 5.91 Å². The number of nitrogens with two attached hydrogens (primary N) is 1. The minimum Gasteiger partial charge on any atom is -0.399 e. The fourth-order valence-corrected chi connectivity index (χ4v) is 2.31. The van der Waals surface area contributed by atoms with Gasteiger partial charge in [0.25, 0.3) is 0 Å². The lowest BCUT2D eigenvalue weighted by Crippen LogP contribution is -2.26. The highest BCUT2D eigenvalue weighted by Gasteiger charge is 2.04. The molecule has 0 spiro atoms. The van der Waals surface area contributed by atoms with Crippen molar-refractivity contribution in [3.8, 4) is 0 Å². The second-order valence-electron chi connectivity index (χ2n) is 4.01. The van der Waals surface area contributed by atoms with Gasteiger partial charge in [0, 0.05) is 30.8 Å². The largest absolute Gasteiger partial charge is 0.399 e. The zero-order valence-corrected chi connectivity index (χ0v) is 11.7. The van der Waals surface area contributed by atoms with Gasteiger partial charge in [-0.1, -0.05) is 6.07 Å². The molecule has 0 atom stereocenters. The molecule has 4 nitrogen and oxygen atoms in total. The molecule has 0 aromatic heterocycles. The van der Waals surface area contributed by atoms with Crippen LogP contribution in [0.25, 0.3) is 0 Å². The van der Waals surface area contributed by atoms with E-state index in [0.717, 1.165) is 22.6 Å². The Bertz CT molecular complexity index is 397. The van der Waals surface area contributed by atoms with Crippen LogP contribution in [0.4, 0.5) is 5.69 Å². The average Bonchev–Trinajstić information content (AvgIpc) is 2.36. The third-order valence-electron chi connectivity index (χ3n) is 2.42. The van der Waals surface area contributed by atoms with E-state index in [1.165, 1.54) is 11.8 Å². The summed E-state index contributed by atoms with van der Waals surface area (Å²) in [5.41, 5.74) is 7.59. The van der Waals surface area contributed by atoms with Crippen molar-refractivity contribution in [1.29, 1.82) is 0 Å². The number of thioether (sulfide) groups is 1. The summed E-state index contributed by atoms with van der Waals surface area (Å²) >= 11 is 1.51. The predicted molar refractivity (Wildman–Crippen MR) is 75.8 cm³/mol. The Morgan fingerprint density at radius 1 is 1.50 bits per heavy atom. The van der Waals surface area contributed by atoms with Crippen LogP contribution in [0, 0.1) is 6.92 Å². The fourth-order valence-electron chi connectivity index (χ4n) is 1.41. The van der Waals surface area contributed by atoms with Gasteiger partial charge in [0.1, 0.15) is 0 Å². The van der Waals surface area contributed by atoms with E-state index in [9.17, 15) is 4.79 Å². The average molecular weight is 268 g/mol. The highest BCUT2D eigenvalue weighted by atomic mass is 32.2. The van der Waals surface area contributed by atoms with Crippen molar-refractivity contribution in [2.24, 2.45) is 0 Å². The summed E-state index contributed by atoms with van der Waals surface area (Å²) in [6, 6.07) is 5.73. The lowest BCUT2D eigenvalue weighted by atomic mass is 10.2. The number of hydrogen-bond acceptors (Lipinski definition) is 4. The maximum atomic E-state index is 11.6. The zero-order chi connectivity index (χ0) is 13.4. The number of nitrogen functional groups attached to an aromatic ring is 1. The second-order valence-corrected chi connectivity index (χ2v) is 5.03. The summed E-state index contributed by atoms with van der Waals surface area (Å²) in [5.74, 6) is 0.454. The van der Waals surface area contributed by atoms with Gasteiger partial charge in [-0.2, -0.15) is 0 Å². The van der Waals surface area contributed by atoms with Gasteiger partial charge < -0.3 is 15.8 Å². The van der Waals surface area contributed by atoms with Crippen LogP contribution >= 0.6 is 11.8 Å². The number of rotatable bonds is 7. The third kappa shape index (κ3) is 5.42. The number of amides is 1. The van der Waals surface area contributed by atoms with E-state index in [4.69, 9.17) is 10.5 Å². The molecule has 0 unspecified atom stereocenters. The van der Waals surface area contributed by atoms with Gasteiger partial charge in [0.2, 0.25) is 5.91 Å². The molecule has 0 fully saturated rings. The van der Waals surface area contributed by atoms with Crippen molar-refractivity contribution in [2.75, 3.05) is 31.7 Å². The summed E-state index contributed by atoms with van der Waals surface area (Å²) in [6.45, 7) is 3.34. The summed E-state index contributed by atoms with van der Waals surface area (Å²) in [6.07, 6.45) is 0.838. The molecule has 0 saturated heterocycles. The molecule has 0 aliphatic carbocycles. The highest BCUT2D eigenvalue weighted by Crippen LogP contribution is 2.24.